The lowest BCUT2D eigenvalue weighted by molar-refractivity contribution is -0.142. The first-order valence-electron chi connectivity index (χ1n) is 7.05. The molecule has 0 fully saturated rings. The van der Waals surface area contributed by atoms with Gasteiger partial charge in [-0.1, -0.05) is 11.6 Å². The van der Waals surface area contributed by atoms with Crippen LogP contribution < -0.4 is 4.74 Å². The summed E-state index contributed by atoms with van der Waals surface area (Å²) in [6.45, 7) is 1.72. The standard InChI is InChI=1S/C17H14ClNO4/c1-10(17(20)21)9-22-13-5-2-11(3-6-13)16-19-14-7-4-12(18)8-15(14)23-16/h2-8,10H,9H2,1H3,(H,20,21)/t10-/m1/s1. The first kappa shape index (κ1) is 15.4. The monoisotopic (exact) mass is 331 g/mol. The molecule has 0 radical (unpaired) electrons. The maximum atomic E-state index is 10.8. The number of carboxylic acids is 1. The van der Waals surface area contributed by atoms with Crippen LogP contribution in [-0.4, -0.2) is 22.7 Å². The Labute approximate surface area is 137 Å². The molecule has 0 bridgehead atoms. The Morgan fingerprint density at radius 2 is 2.04 bits per heavy atom. The van der Waals surface area contributed by atoms with E-state index in [1.807, 2.05) is 12.1 Å². The number of benzene rings is 2. The zero-order valence-electron chi connectivity index (χ0n) is 12.3. The second-order valence-corrected chi connectivity index (χ2v) is 5.64. The minimum atomic E-state index is -0.883. The number of ether oxygens (including phenoxy) is 1. The number of hydrogen-bond donors (Lipinski definition) is 1. The Morgan fingerprint density at radius 1 is 1.30 bits per heavy atom. The topological polar surface area (TPSA) is 72.6 Å². The fourth-order valence-corrected chi connectivity index (χ4v) is 2.17. The lowest BCUT2D eigenvalue weighted by Gasteiger charge is -2.09. The molecule has 0 aliphatic heterocycles. The number of hydrogen-bond acceptors (Lipinski definition) is 4. The van der Waals surface area contributed by atoms with Crippen molar-refractivity contribution in [3.8, 4) is 17.2 Å². The van der Waals surface area contributed by atoms with Gasteiger partial charge in [0.25, 0.3) is 0 Å². The number of rotatable bonds is 5. The number of aromatic nitrogens is 1. The van der Waals surface area contributed by atoms with Crippen LogP contribution in [0.5, 0.6) is 5.75 Å². The predicted molar refractivity (Wildman–Crippen MR) is 86.7 cm³/mol. The molecular weight excluding hydrogens is 318 g/mol. The summed E-state index contributed by atoms with van der Waals surface area (Å²) in [4.78, 5) is 15.2. The molecule has 1 heterocycles. The van der Waals surface area contributed by atoms with Gasteiger partial charge < -0.3 is 14.3 Å². The van der Waals surface area contributed by atoms with E-state index in [-0.39, 0.29) is 6.61 Å². The third-order valence-electron chi connectivity index (χ3n) is 3.37. The highest BCUT2D eigenvalue weighted by molar-refractivity contribution is 6.31. The number of halogens is 1. The van der Waals surface area contributed by atoms with Gasteiger partial charge in [0.1, 0.15) is 17.9 Å². The SMILES string of the molecule is C[C@H](COc1ccc(-c2nc3ccc(Cl)cc3o2)cc1)C(=O)O. The van der Waals surface area contributed by atoms with Crippen LogP contribution in [0.4, 0.5) is 0 Å². The molecule has 0 amide bonds. The molecule has 5 nitrogen and oxygen atoms in total. The largest absolute Gasteiger partial charge is 0.493 e. The molecule has 1 atom stereocenters. The van der Waals surface area contributed by atoms with Crippen LogP contribution in [0.15, 0.2) is 46.9 Å². The molecule has 23 heavy (non-hydrogen) atoms. The van der Waals surface area contributed by atoms with Crippen molar-refractivity contribution >= 4 is 28.7 Å². The summed E-state index contributed by atoms with van der Waals surface area (Å²) in [5.41, 5.74) is 2.17. The first-order valence-corrected chi connectivity index (χ1v) is 7.43. The van der Waals surface area contributed by atoms with E-state index < -0.39 is 11.9 Å². The van der Waals surface area contributed by atoms with E-state index in [1.54, 1.807) is 37.3 Å². The summed E-state index contributed by atoms with van der Waals surface area (Å²) in [5.74, 6) is -0.350. The molecule has 6 heteroatoms. The summed E-state index contributed by atoms with van der Waals surface area (Å²) < 4.78 is 11.1. The average Bonchev–Trinajstić information content (AvgIpc) is 2.96. The summed E-state index contributed by atoms with van der Waals surface area (Å²) in [6.07, 6.45) is 0. The molecule has 3 rings (SSSR count). The van der Waals surface area contributed by atoms with Crippen molar-refractivity contribution in [2.75, 3.05) is 6.61 Å². The van der Waals surface area contributed by atoms with Crippen LogP contribution in [0.2, 0.25) is 5.02 Å². The van der Waals surface area contributed by atoms with Gasteiger partial charge in [0.15, 0.2) is 5.58 Å². The van der Waals surface area contributed by atoms with Crippen molar-refractivity contribution in [1.82, 2.24) is 4.98 Å². The smallest absolute Gasteiger partial charge is 0.309 e. The fourth-order valence-electron chi connectivity index (χ4n) is 2.01. The van der Waals surface area contributed by atoms with Gasteiger partial charge in [-0.3, -0.25) is 4.79 Å². The molecule has 2 aromatic carbocycles. The number of carboxylic acid groups (broad SMARTS) is 1. The van der Waals surface area contributed by atoms with Crippen molar-refractivity contribution in [3.05, 3.63) is 47.5 Å². The normalized spacial score (nSPS) is 12.3. The van der Waals surface area contributed by atoms with Gasteiger partial charge in [0, 0.05) is 16.7 Å². The van der Waals surface area contributed by atoms with Crippen LogP contribution in [-0.2, 0) is 4.79 Å². The Kier molecular flexibility index (Phi) is 4.21. The molecule has 0 spiro atoms. The van der Waals surface area contributed by atoms with Crippen molar-refractivity contribution in [2.24, 2.45) is 5.92 Å². The van der Waals surface area contributed by atoms with Crippen molar-refractivity contribution in [1.29, 1.82) is 0 Å². The van der Waals surface area contributed by atoms with Crippen LogP contribution >= 0.6 is 11.6 Å². The summed E-state index contributed by atoms with van der Waals surface area (Å²) >= 11 is 5.93. The first-order chi connectivity index (χ1) is 11.0. The van der Waals surface area contributed by atoms with Crippen LogP contribution in [0.1, 0.15) is 6.92 Å². The molecule has 1 N–H and O–H groups in total. The van der Waals surface area contributed by atoms with Crippen molar-refractivity contribution < 1.29 is 19.1 Å². The Balaban J connectivity index is 1.76. The maximum Gasteiger partial charge on any atom is 0.309 e. The molecule has 0 saturated carbocycles. The molecule has 0 saturated heterocycles. The van der Waals surface area contributed by atoms with Gasteiger partial charge >= 0.3 is 5.97 Å². The number of fused-ring (bicyclic) bond motifs is 1. The van der Waals surface area contributed by atoms with Gasteiger partial charge in [-0.2, -0.15) is 0 Å². The fraction of sp³-hybridized carbons (Fsp3) is 0.176. The van der Waals surface area contributed by atoms with Gasteiger partial charge in [-0.25, -0.2) is 4.98 Å². The van der Waals surface area contributed by atoms with E-state index in [0.717, 1.165) is 11.1 Å². The lowest BCUT2D eigenvalue weighted by Crippen LogP contribution is -2.17. The predicted octanol–water partition coefficient (Wildman–Crippen LogP) is 4.25. The van der Waals surface area contributed by atoms with Gasteiger partial charge in [-0.05, 0) is 43.3 Å². The van der Waals surface area contributed by atoms with Crippen molar-refractivity contribution in [3.63, 3.8) is 0 Å². The molecule has 0 aliphatic rings. The van der Waals surface area contributed by atoms with Gasteiger partial charge in [0.2, 0.25) is 5.89 Å². The number of nitrogens with zero attached hydrogens (tertiary/aromatic N) is 1. The Bertz CT molecular complexity index is 841. The lowest BCUT2D eigenvalue weighted by atomic mass is 10.2. The zero-order chi connectivity index (χ0) is 16.4. The number of carbonyl (C=O) groups is 1. The molecule has 1 aromatic heterocycles. The molecule has 0 aliphatic carbocycles. The average molecular weight is 332 g/mol. The molecular formula is C17H14ClNO4. The van der Waals surface area contributed by atoms with Gasteiger partial charge in [0.05, 0.1) is 5.92 Å². The van der Waals surface area contributed by atoms with Crippen LogP contribution in [0.3, 0.4) is 0 Å². The van der Waals surface area contributed by atoms with E-state index in [0.29, 0.717) is 22.2 Å². The van der Waals surface area contributed by atoms with E-state index in [2.05, 4.69) is 4.98 Å². The van der Waals surface area contributed by atoms with Gasteiger partial charge in [-0.15, -0.1) is 0 Å². The van der Waals surface area contributed by atoms with E-state index >= 15 is 0 Å². The van der Waals surface area contributed by atoms with Crippen LogP contribution in [0.25, 0.3) is 22.6 Å². The van der Waals surface area contributed by atoms with E-state index in [1.165, 1.54) is 0 Å². The third kappa shape index (κ3) is 3.46. The summed E-state index contributed by atoms with van der Waals surface area (Å²) in [5, 5.41) is 9.43. The highest BCUT2D eigenvalue weighted by Gasteiger charge is 2.12. The quantitative estimate of drug-likeness (QED) is 0.756. The number of oxazole rings is 1. The van der Waals surface area contributed by atoms with Crippen molar-refractivity contribution in [2.45, 2.75) is 6.92 Å². The van der Waals surface area contributed by atoms with Crippen LogP contribution in [0, 0.1) is 5.92 Å². The minimum absolute atomic E-state index is 0.121. The second-order valence-electron chi connectivity index (χ2n) is 5.21. The highest BCUT2D eigenvalue weighted by Crippen LogP contribution is 2.27. The molecule has 3 aromatic rings. The molecule has 0 unspecified atom stereocenters. The summed E-state index contributed by atoms with van der Waals surface area (Å²) in [7, 11) is 0. The highest BCUT2D eigenvalue weighted by atomic mass is 35.5. The number of aliphatic carboxylic acids is 1. The Hall–Kier alpha value is -2.53. The zero-order valence-corrected chi connectivity index (χ0v) is 13.1. The van der Waals surface area contributed by atoms with E-state index in [9.17, 15) is 4.79 Å². The minimum Gasteiger partial charge on any atom is -0.493 e. The summed E-state index contributed by atoms with van der Waals surface area (Å²) in [6, 6.07) is 12.4. The van der Waals surface area contributed by atoms with E-state index in [4.69, 9.17) is 25.9 Å². The Morgan fingerprint density at radius 3 is 2.74 bits per heavy atom. The third-order valence-corrected chi connectivity index (χ3v) is 3.61. The maximum absolute atomic E-state index is 10.8. The second kappa shape index (κ2) is 6.30. The molecule has 118 valence electrons.